The fourth-order valence-corrected chi connectivity index (χ4v) is 5.10. The first-order chi connectivity index (χ1) is 19.4. The van der Waals surface area contributed by atoms with E-state index in [0.717, 1.165) is 38.9 Å². The first-order valence-corrected chi connectivity index (χ1v) is 14.4. The van der Waals surface area contributed by atoms with E-state index in [-0.39, 0.29) is 19.1 Å². The molecule has 0 N–H and O–H groups in total. The SMILES string of the molecule is Cc1ccc(C(c2cc(C)c(OCC(=O)OC(C)(C)C)c(C)c2)c2cc(C)c(OCC(=O)OC(C)(C)C)c(C)c2)cc1. The maximum Gasteiger partial charge on any atom is 0.344 e. The first kappa shape index (κ1) is 32.7. The summed E-state index contributed by atoms with van der Waals surface area (Å²) in [5, 5.41) is 0. The number of hydrogen-bond acceptors (Lipinski definition) is 6. The molecule has 0 radical (unpaired) electrons. The Bertz CT molecular complexity index is 1290. The summed E-state index contributed by atoms with van der Waals surface area (Å²) in [5.74, 6) is 0.516. The molecule has 3 aromatic rings. The van der Waals surface area contributed by atoms with Crippen molar-refractivity contribution in [2.45, 2.75) is 93.3 Å². The molecule has 0 saturated heterocycles. The van der Waals surface area contributed by atoms with Gasteiger partial charge in [-0.1, -0.05) is 54.1 Å². The van der Waals surface area contributed by atoms with Crippen LogP contribution in [0.5, 0.6) is 11.5 Å². The van der Waals surface area contributed by atoms with Gasteiger partial charge in [-0.05, 0) is 115 Å². The van der Waals surface area contributed by atoms with Crippen LogP contribution in [0.1, 0.15) is 92.0 Å². The lowest BCUT2D eigenvalue weighted by molar-refractivity contribution is -0.158. The van der Waals surface area contributed by atoms with Gasteiger partial charge in [-0.3, -0.25) is 0 Å². The minimum absolute atomic E-state index is 0.0554. The zero-order chi connectivity index (χ0) is 31.4. The van der Waals surface area contributed by atoms with Crippen LogP contribution in [-0.4, -0.2) is 36.4 Å². The highest BCUT2D eigenvalue weighted by Gasteiger charge is 2.23. The highest BCUT2D eigenvalue weighted by Crippen LogP contribution is 2.38. The van der Waals surface area contributed by atoms with Crippen LogP contribution >= 0.6 is 0 Å². The molecule has 0 unspecified atom stereocenters. The van der Waals surface area contributed by atoms with Crippen molar-refractivity contribution >= 4 is 11.9 Å². The van der Waals surface area contributed by atoms with Gasteiger partial charge in [-0.15, -0.1) is 0 Å². The van der Waals surface area contributed by atoms with Gasteiger partial charge in [-0.2, -0.15) is 0 Å². The number of ether oxygens (including phenoxy) is 4. The molecule has 0 atom stereocenters. The molecule has 3 aromatic carbocycles. The fourth-order valence-electron chi connectivity index (χ4n) is 5.10. The maximum atomic E-state index is 12.3. The van der Waals surface area contributed by atoms with Crippen LogP contribution in [-0.2, 0) is 19.1 Å². The van der Waals surface area contributed by atoms with Crippen LogP contribution in [0.15, 0.2) is 48.5 Å². The molecule has 0 spiro atoms. The van der Waals surface area contributed by atoms with E-state index < -0.39 is 23.1 Å². The Balaban J connectivity index is 1.97. The summed E-state index contributed by atoms with van der Waals surface area (Å²) in [6, 6.07) is 17.1. The van der Waals surface area contributed by atoms with E-state index in [1.54, 1.807) is 0 Å². The highest BCUT2D eigenvalue weighted by atomic mass is 16.6. The van der Waals surface area contributed by atoms with Gasteiger partial charge in [0.05, 0.1) is 0 Å². The summed E-state index contributed by atoms with van der Waals surface area (Å²) in [6.45, 7) is 20.8. The van der Waals surface area contributed by atoms with E-state index in [9.17, 15) is 9.59 Å². The summed E-state index contributed by atoms with van der Waals surface area (Å²) < 4.78 is 22.7. The summed E-state index contributed by atoms with van der Waals surface area (Å²) in [7, 11) is 0. The zero-order valence-electron chi connectivity index (χ0n) is 27.1. The smallest absolute Gasteiger partial charge is 0.344 e. The average molecular weight is 575 g/mol. The highest BCUT2D eigenvalue weighted by molar-refractivity contribution is 5.72. The van der Waals surface area contributed by atoms with Crippen LogP contribution in [0.2, 0.25) is 0 Å². The van der Waals surface area contributed by atoms with Gasteiger partial charge in [0.25, 0.3) is 0 Å². The Morgan fingerprint density at radius 2 is 0.905 bits per heavy atom. The molecule has 0 saturated carbocycles. The molecule has 226 valence electrons. The zero-order valence-corrected chi connectivity index (χ0v) is 27.1. The van der Waals surface area contributed by atoms with Gasteiger partial charge < -0.3 is 18.9 Å². The lowest BCUT2D eigenvalue weighted by atomic mass is 9.82. The molecule has 6 nitrogen and oxygen atoms in total. The van der Waals surface area contributed by atoms with Crippen molar-refractivity contribution in [3.05, 3.63) is 93.0 Å². The second kappa shape index (κ2) is 13.0. The normalized spacial score (nSPS) is 11.8. The molecule has 0 aliphatic carbocycles. The Hall–Kier alpha value is -3.80. The topological polar surface area (TPSA) is 71.1 Å². The van der Waals surface area contributed by atoms with Gasteiger partial charge in [0.2, 0.25) is 0 Å². The van der Waals surface area contributed by atoms with Crippen molar-refractivity contribution in [1.82, 2.24) is 0 Å². The third-order valence-corrected chi connectivity index (χ3v) is 6.55. The minimum Gasteiger partial charge on any atom is -0.481 e. The van der Waals surface area contributed by atoms with Crippen LogP contribution in [0.3, 0.4) is 0 Å². The van der Waals surface area contributed by atoms with E-state index >= 15 is 0 Å². The van der Waals surface area contributed by atoms with E-state index in [4.69, 9.17) is 18.9 Å². The van der Waals surface area contributed by atoms with Gasteiger partial charge in [0.1, 0.15) is 22.7 Å². The first-order valence-electron chi connectivity index (χ1n) is 14.4. The second-order valence-electron chi connectivity index (χ2n) is 13.1. The third-order valence-electron chi connectivity index (χ3n) is 6.55. The molecule has 0 heterocycles. The van der Waals surface area contributed by atoms with Crippen LogP contribution in [0.4, 0.5) is 0 Å². The predicted molar refractivity (Wildman–Crippen MR) is 167 cm³/mol. The van der Waals surface area contributed by atoms with Crippen molar-refractivity contribution in [1.29, 1.82) is 0 Å². The average Bonchev–Trinajstić information content (AvgIpc) is 2.82. The quantitative estimate of drug-likeness (QED) is 0.191. The molecule has 0 fully saturated rings. The van der Waals surface area contributed by atoms with Gasteiger partial charge in [0.15, 0.2) is 13.2 Å². The Morgan fingerprint density at radius 1 is 0.571 bits per heavy atom. The Labute approximate surface area is 251 Å². The standard InChI is InChI=1S/C36H46O6/c1-22-12-14-27(15-13-22)32(28-16-23(2)33(24(3)17-28)39-20-30(37)41-35(6,7)8)29-18-25(4)34(26(5)19-29)40-21-31(38)42-36(9,10)11/h12-19,32H,20-21H2,1-11H3. The largest absolute Gasteiger partial charge is 0.481 e. The molecule has 0 aromatic heterocycles. The molecular weight excluding hydrogens is 528 g/mol. The van der Waals surface area contributed by atoms with E-state index in [2.05, 4.69) is 55.5 Å². The summed E-state index contributed by atoms with van der Waals surface area (Å²) >= 11 is 0. The molecule has 0 amide bonds. The van der Waals surface area contributed by atoms with Crippen molar-refractivity contribution in [2.75, 3.05) is 13.2 Å². The van der Waals surface area contributed by atoms with Crippen molar-refractivity contribution in [2.24, 2.45) is 0 Å². The molecule has 0 aliphatic rings. The van der Waals surface area contributed by atoms with Crippen LogP contribution in [0.25, 0.3) is 0 Å². The monoisotopic (exact) mass is 574 g/mol. The van der Waals surface area contributed by atoms with Crippen molar-refractivity contribution in [3.63, 3.8) is 0 Å². The number of carbonyl (C=O) groups is 2. The molecule has 0 bridgehead atoms. The number of hydrogen-bond donors (Lipinski definition) is 0. The number of carbonyl (C=O) groups excluding carboxylic acids is 2. The Morgan fingerprint density at radius 3 is 1.21 bits per heavy atom. The van der Waals surface area contributed by atoms with Crippen molar-refractivity contribution < 1.29 is 28.5 Å². The van der Waals surface area contributed by atoms with Crippen LogP contribution in [0, 0.1) is 34.6 Å². The second-order valence-corrected chi connectivity index (χ2v) is 13.1. The Kier molecular flexibility index (Phi) is 10.1. The lowest BCUT2D eigenvalue weighted by Crippen LogP contribution is -2.27. The van der Waals surface area contributed by atoms with Gasteiger partial charge >= 0.3 is 11.9 Å². The van der Waals surface area contributed by atoms with E-state index in [0.29, 0.717) is 11.5 Å². The summed E-state index contributed by atoms with van der Waals surface area (Å²) in [4.78, 5) is 24.6. The number of aryl methyl sites for hydroxylation is 5. The molecular formula is C36H46O6. The molecule has 42 heavy (non-hydrogen) atoms. The summed E-state index contributed by atoms with van der Waals surface area (Å²) in [6.07, 6.45) is 0. The molecule has 3 rings (SSSR count). The van der Waals surface area contributed by atoms with Gasteiger partial charge in [-0.25, -0.2) is 9.59 Å². The number of esters is 2. The number of rotatable bonds is 9. The van der Waals surface area contributed by atoms with Gasteiger partial charge in [0, 0.05) is 5.92 Å². The van der Waals surface area contributed by atoms with Crippen molar-refractivity contribution in [3.8, 4) is 11.5 Å². The number of benzene rings is 3. The lowest BCUT2D eigenvalue weighted by Gasteiger charge is -2.24. The maximum absolute atomic E-state index is 12.3. The van der Waals surface area contributed by atoms with E-state index in [1.807, 2.05) is 69.2 Å². The third kappa shape index (κ3) is 9.10. The van der Waals surface area contributed by atoms with E-state index in [1.165, 1.54) is 5.56 Å². The van der Waals surface area contributed by atoms with Crippen LogP contribution < -0.4 is 9.47 Å². The minimum atomic E-state index is -0.567. The molecule has 0 aliphatic heterocycles. The summed E-state index contributed by atoms with van der Waals surface area (Å²) in [5.41, 5.74) is 7.20. The predicted octanol–water partition coefficient (Wildman–Crippen LogP) is 7.85. The molecule has 6 heteroatoms. The fraction of sp³-hybridized carbons (Fsp3) is 0.444.